The average Bonchev–Trinajstić information content (AvgIpc) is 3.83. The average molecular weight is 718 g/mol. The van der Waals surface area contributed by atoms with Crippen molar-refractivity contribution in [3.63, 3.8) is 0 Å². The van der Waals surface area contributed by atoms with Crippen LogP contribution in [0.3, 0.4) is 0 Å². The number of benzene rings is 2. The van der Waals surface area contributed by atoms with E-state index in [0.717, 1.165) is 49.9 Å². The molecule has 2 saturated heterocycles. The van der Waals surface area contributed by atoms with E-state index in [4.69, 9.17) is 9.47 Å². The van der Waals surface area contributed by atoms with Gasteiger partial charge in [0.1, 0.15) is 6.61 Å². The first kappa shape index (κ1) is 35.9. The van der Waals surface area contributed by atoms with Crippen LogP contribution < -0.4 is 0 Å². The van der Waals surface area contributed by atoms with Crippen molar-refractivity contribution in [3.05, 3.63) is 82.5 Å². The summed E-state index contributed by atoms with van der Waals surface area (Å²) in [6.07, 6.45) is 19.3. The van der Waals surface area contributed by atoms with Crippen LogP contribution in [0, 0.1) is 29.1 Å². The predicted molar refractivity (Wildman–Crippen MR) is 211 cm³/mol. The molecule has 5 heteroatoms. The lowest BCUT2D eigenvalue weighted by molar-refractivity contribution is -0.144. The summed E-state index contributed by atoms with van der Waals surface area (Å²) >= 11 is 0. The topological polar surface area (TPSA) is 59.0 Å². The molecule has 7 aliphatic rings. The molecule has 53 heavy (non-hydrogen) atoms. The molecular weight excluding hydrogens is 655 g/mol. The highest BCUT2D eigenvalue weighted by Gasteiger charge is 2.58. The summed E-state index contributed by atoms with van der Waals surface area (Å²) in [5.41, 5.74) is 10.2. The summed E-state index contributed by atoms with van der Waals surface area (Å²) in [5.74, 6) is 3.00. The molecule has 0 aromatic heterocycles. The lowest BCUT2D eigenvalue weighted by atomic mass is 9.56. The first-order valence-electron chi connectivity index (χ1n) is 21.6. The molecule has 1 spiro atoms. The zero-order valence-corrected chi connectivity index (χ0v) is 32.7. The predicted octanol–water partition coefficient (Wildman–Crippen LogP) is 10.2. The summed E-state index contributed by atoms with van der Waals surface area (Å²) in [6.45, 7) is 10.2. The maximum absolute atomic E-state index is 12.8. The molecule has 5 aliphatic carbocycles. The number of esters is 1. The Hall–Kier alpha value is -2.73. The molecule has 2 unspecified atom stereocenters. The number of rotatable bonds is 10. The van der Waals surface area contributed by atoms with Crippen molar-refractivity contribution >= 4 is 5.97 Å². The minimum Gasteiger partial charge on any atom is -0.465 e. The molecule has 2 aromatic rings. The van der Waals surface area contributed by atoms with Crippen molar-refractivity contribution in [2.24, 2.45) is 29.1 Å². The molecule has 9 atom stereocenters. The zero-order valence-electron chi connectivity index (χ0n) is 32.7. The molecule has 0 bridgehead atoms. The van der Waals surface area contributed by atoms with Crippen LogP contribution >= 0.6 is 0 Å². The fraction of sp³-hybridized carbons (Fsp3) is 0.646. The number of carbonyl (C=O) groups is 1. The van der Waals surface area contributed by atoms with Crippen LogP contribution in [0.2, 0.25) is 0 Å². The second-order valence-corrected chi connectivity index (χ2v) is 18.7. The molecule has 2 aromatic carbocycles. The summed E-state index contributed by atoms with van der Waals surface area (Å²) < 4.78 is 13.2. The number of nitrogens with zero attached hydrogens (tertiary/aromatic N) is 1. The van der Waals surface area contributed by atoms with Crippen molar-refractivity contribution in [1.29, 1.82) is 0 Å². The number of aliphatic hydroxyl groups excluding tert-OH is 1. The Balaban J connectivity index is 0.744. The minimum atomic E-state index is -0.138. The molecule has 2 aliphatic heterocycles. The second kappa shape index (κ2) is 14.4. The van der Waals surface area contributed by atoms with Crippen LogP contribution in [0.1, 0.15) is 134 Å². The van der Waals surface area contributed by atoms with E-state index in [1.54, 1.807) is 16.7 Å². The lowest BCUT2D eigenvalue weighted by Crippen LogP contribution is -2.49. The maximum Gasteiger partial charge on any atom is 0.305 e. The van der Waals surface area contributed by atoms with E-state index in [1.807, 2.05) is 0 Å². The number of piperidine rings is 1. The zero-order chi connectivity index (χ0) is 36.3. The monoisotopic (exact) mass is 717 g/mol. The summed E-state index contributed by atoms with van der Waals surface area (Å²) in [7, 11) is 0. The van der Waals surface area contributed by atoms with Gasteiger partial charge in [-0.3, -0.25) is 9.69 Å². The van der Waals surface area contributed by atoms with E-state index in [9.17, 15) is 9.90 Å². The van der Waals surface area contributed by atoms with Gasteiger partial charge < -0.3 is 14.6 Å². The number of hydrogen-bond acceptors (Lipinski definition) is 5. The van der Waals surface area contributed by atoms with Gasteiger partial charge in [-0.2, -0.15) is 0 Å². The normalized spacial score (nSPS) is 36.0. The molecular formula is C48H63NO4. The lowest BCUT2D eigenvalue weighted by Gasteiger charge is -2.49. The van der Waals surface area contributed by atoms with Crippen LogP contribution in [0.5, 0.6) is 0 Å². The van der Waals surface area contributed by atoms with E-state index >= 15 is 0 Å². The second-order valence-electron chi connectivity index (χ2n) is 18.7. The highest BCUT2D eigenvalue weighted by atomic mass is 16.5. The number of ether oxygens (including phenoxy) is 2. The van der Waals surface area contributed by atoms with Crippen LogP contribution in [0.4, 0.5) is 0 Å². The van der Waals surface area contributed by atoms with Gasteiger partial charge in [-0.25, -0.2) is 0 Å². The van der Waals surface area contributed by atoms with Crippen LogP contribution in [0.25, 0.3) is 11.1 Å². The van der Waals surface area contributed by atoms with Gasteiger partial charge in [-0.15, -0.1) is 0 Å². The minimum absolute atomic E-state index is 0.0595. The maximum atomic E-state index is 12.8. The van der Waals surface area contributed by atoms with E-state index in [1.165, 1.54) is 93.1 Å². The highest BCUT2D eigenvalue weighted by molar-refractivity contribution is 5.79. The first-order valence-corrected chi connectivity index (χ1v) is 21.6. The number of aliphatic hydroxyl groups is 1. The summed E-state index contributed by atoms with van der Waals surface area (Å²) in [6, 6.07) is 17.6. The van der Waals surface area contributed by atoms with Gasteiger partial charge in [0.25, 0.3) is 0 Å². The Morgan fingerprint density at radius 2 is 1.70 bits per heavy atom. The molecule has 0 amide bonds. The number of hydrogen-bond donors (Lipinski definition) is 1. The molecule has 0 radical (unpaired) electrons. The van der Waals surface area contributed by atoms with Gasteiger partial charge in [-0.05, 0) is 141 Å². The standard InChI is InChI=1S/C48H63NO4/c1-31-25-45-44(28-48(53-45)23-21-39-40-19-18-33-26-34(50)20-22-47(33,3)43(40)27-41(39)32(48)2)49(29-31)24-12-6-4-5-7-17-46(51)52-30-42-37-15-10-8-13-35(37)36-14-9-11-16-38(36)42/h8-11,13-16,18,31,34,39-40,42-45,50H,4-7,12,17,19-30H2,1-3H3/t31-,34?,39-,40-,43-,44?,45+,47-,48+/m0/s1. The van der Waals surface area contributed by atoms with Gasteiger partial charge in [0, 0.05) is 24.9 Å². The molecule has 9 rings (SSSR count). The number of carbonyl (C=O) groups excluding carboxylic acids is 1. The van der Waals surface area contributed by atoms with Gasteiger partial charge in [0.05, 0.1) is 17.8 Å². The van der Waals surface area contributed by atoms with Gasteiger partial charge >= 0.3 is 5.97 Å². The van der Waals surface area contributed by atoms with Gasteiger partial charge in [0.2, 0.25) is 0 Å². The molecule has 4 fully saturated rings. The quantitative estimate of drug-likeness (QED) is 0.151. The Morgan fingerprint density at radius 1 is 0.962 bits per heavy atom. The first-order chi connectivity index (χ1) is 25.7. The van der Waals surface area contributed by atoms with E-state index in [2.05, 4.69) is 80.3 Å². The number of likely N-dealkylation sites (tertiary alicyclic amines) is 1. The number of unbranched alkanes of at least 4 members (excludes halogenated alkanes) is 4. The molecule has 1 N–H and O–H groups in total. The smallest absolute Gasteiger partial charge is 0.305 e. The van der Waals surface area contributed by atoms with Crippen molar-refractivity contribution in [2.75, 3.05) is 19.7 Å². The Bertz CT molecular complexity index is 1720. The van der Waals surface area contributed by atoms with Crippen LogP contribution in [0.15, 0.2) is 71.3 Å². The van der Waals surface area contributed by atoms with E-state index in [-0.39, 0.29) is 29.0 Å². The third-order valence-electron chi connectivity index (χ3n) is 15.8. The van der Waals surface area contributed by atoms with E-state index in [0.29, 0.717) is 31.1 Å². The summed E-state index contributed by atoms with van der Waals surface area (Å²) in [4.78, 5) is 15.6. The molecule has 5 nitrogen and oxygen atoms in total. The SMILES string of the molecule is CC1=C2C[C@H]3[C@@H](CC=C4CC(O)CC[C@@]43C)[C@@H]2CC[C@@]12CC1[C@@H](C[C@H](C)CN1CCCCCCCC(=O)OCC1c3ccccc3-c3ccccc31)O2. The van der Waals surface area contributed by atoms with E-state index < -0.39 is 0 Å². The third kappa shape index (κ3) is 6.39. The van der Waals surface area contributed by atoms with Crippen molar-refractivity contribution < 1.29 is 19.4 Å². The number of fused-ring (bicyclic) bond motifs is 9. The Kier molecular flexibility index (Phi) is 9.77. The fourth-order valence-corrected chi connectivity index (χ4v) is 13.0. The number of allylic oxidation sites excluding steroid dienone is 2. The van der Waals surface area contributed by atoms with Gasteiger partial charge in [0.15, 0.2) is 0 Å². The van der Waals surface area contributed by atoms with Crippen molar-refractivity contribution in [2.45, 2.75) is 147 Å². The Morgan fingerprint density at radius 3 is 2.49 bits per heavy atom. The Labute approximate surface area is 318 Å². The molecule has 2 saturated carbocycles. The fourth-order valence-electron chi connectivity index (χ4n) is 13.0. The molecule has 2 heterocycles. The van der Waals surface area contributed by atoms with Crippen LogP contribution in [-0.4, -0.2) is 59.5 Å². The third-order valence-corrected chi connectivity index (χ3v) is 15.8. The van der Waals surface area contributed by atoms with Crippen molar-refractivity contribution in [3.8, 4) is 11.1 Å². The molecule has 284 valence electrons. The largest absolute Gasteiger partial charge is 0.465 e. The highest BCUT2D eigenvalue weighted by Crippen LogP contribution is 2.64. The van der Waals surface area contributed by atoms with Crippen LogP contribution in [-0.2, 0) is 14.3 Å². The van der Waals surface area contributed by atoms with Gasteiger partial charge in [-0.1, -0.05) is 98.9 Å². The van der Waals surface area contributed by atoms with Crippen molar-refractivity contribution in [1.82, 2.24) is 4.90 Å². The summed E-state index contributed by atoms with van der Waals surface area (Å²) in [5, 5.41) is 10.5.